The van der Waals surface area contributed by atoms with Gasteiger partial charge in [0.05, 0.1) is 12.5 Å². The van der Waals surface area contributed by atoms with Crippen molar-refractivity contribution in [1.29, 1.82) is 0 Å². The predicted octanol–water partition coefficient (Wildman–Crippen LogP) is 1.33. The van der Waals surface area contributed by atoms with Crippen LogP contribution < -0.4 is 0 Å². The highest BCUT2D eigenvalue weighted by molar-refractivity contribution is 5.94. The zero-order valence-electron chi connectivity index (χ0n) is 12.4. The van der Waals surface area contributed by atoms with Crippen molar-refractivity contribution in [2.75, 3.05) is 14.1 Å². The molecule has 5 heteroatoms. The van der Waals surface area contributed by atoms with Crippen LogP contribution in [0.5, 0.6) is 0 Å². The fourth-order valence-corrected chi connectivity index (χ4v) is 2.85. The maximum atomic E-state index is 11.9. The molecule has 1 aliphatic carbocycles. The van der Waals surface area contributed by atoms with E-state index in [1.54, 1.807) is 25.1 Å². The quantitative estimate of drug-likeness (QED) is 0.877. The van der Waals surface area contributed by atoms with Gasteiger partial charge in [-0.05, 0) is 48.4 Å². The monoisotopic (exact) mass is 291 g/mol. The highest BCUT2D eigenvalue weighted by atomic mass is 16.4. The average molecular weight is 291 g/mol. The van der Waals surface area contributed by atoms with Gasteiger partial charge in [-0.2, -0.15) is 0 Å². The Labute approximate surface area is 124 Å². The van der Waals surface area contributed by atoms with Crippen LogP contribution in [0, 0.1) is 5.92 Å². The van der Waals surface area contributed by atoms with Gasteiger partial charge in [0, 0.05) is 19.7 Å². The molecule has 2 rings (SSSR count). The molecular weight excluding hydrogens is 270 g/mol. The minimum atomic E-state index is -0.972. The molecule has 114 valence electrons. The first-order valence-corrected chi connectivity index (χ1v) is 7.11. The van der Waals surface area contributed by atoms with Crippen LogP contribution in [-0.2, 0) is 17.6 Å². The maximum absolute atomic E-state index is 11.9. The van der Waals surface area contributed by atoms with Crippen LogP contribution >= 0.6 is 0 Å². The summed E-state index contributed by atoms with van der Waals surface area (Å²) in [5.74, 6) is -1.02. The molecule has 1 aromatic rings. The minimum Gasteiger partial charge on any atom is -0.481 e. The zero-order valence-corrected chi connectivity index (χ0v) is 12.4. The fraction of sp³-hybridized carbons (Fsp3) is 0.500. The third-order valence-electron chi connectivity index (χ3n) is 4.05. The number of aryl methyl sites for hydroxylation is 1. The molecule has 1 amide bonds. The molecule has 1 aliphatic rings. The lowest BCUT2D eigenvalue weighted by Crippen LogP contribution is -2.29. The molecule has 0 saturated heterocycles. The summed E-state index contributed by atoms with van der Waals surface area (Å²) in [6.07, 6.45) is 1.17. The highest BCUT2D eigenvalue weighted by Crippen LogP contribution is 2.29. The van der Waals surface area contributed by atoms with Crippen molar-refractivity contribution in [1.82, 2.24) is 4.90 Å². The number of carbonyl (C=O) groups excluding carboxylic acids is 1. The van der Waals surface area contributed by atoms with Crippen LogP contribution in [0.3, 0.4) is 0 Å². The Hall–Kier alpha value is -1.88. The van der Waals surface area contributed by atoms with Gasteiger partial charge < -0.3 is 15.1 Å². The fourth-order valence-electron chi connectivity index (χ4n) is 2.85. The Morgan fingerprint density at radius 2 is 2.05 bits per heavy atom. The van der Waals surface area contributed by atoms with Crippen LogP contribution in [0.15, 0.2) is 18.2 Å². The largest absolute Gasteiger partial charge is 0.481 e. The van der Waals surface area contributed by atoms with E-state index in [1.807, 2.05) is 12.1 Å². The smallest absolute Gasteiger partial charge is 0.305 e. The first-order valence-electron chi connectivity index (χ1n) is 7.11. The van der Waals surface area contributed by atoms with Crippen LogP contribution in [0.2, 0.25) is 0 Å². The van der Waals surface area contributed by atoms with Crippen molar-refractivity contribution in [3.63, 3.8) is 0 Å². The number of amides is 1. The number of aliphatic hydroxyl groups excluding tert-OH is 1. The second-order valence-electron chi connectivity index (χ2n) is 5.85. The Morgan fingerprint density at radius 3 is 2.67 bits per heavy atom. The number of nitrogens with zero attached hydrogens (tertiary/aromatic N) is 1. The van der Waals surface area contributed by atoms with E-state index in [0.717, 1.165) is 24.0 Å². The second kappa shape index (κ2) is 6.26. The molecule has 0 bridgehead atoms. The second-order valence-corrected chi connectivity index (χ2v) is 5.85. The molecule has 0 radical (unpaired) electrons. The zero-order chi connectivity index (χ0) is 15.6. The standard InChI is InChI=1S/C16H21NO4/c1-17(2)16(21)13-6-4-10-7-12(5-3-11(10)8-13)14(18)9-15(19)20/h4,6,8,12,14,18H,3,5,7,9H2,1-2H3,(H,19,20). The van der Waals surface area contributed by atoms with E-state index in [9.17, 15) is 14.7 Å². The molecule has 0 saturated carbocycles. The summed E-state index contributed by atoms with van der Waals surface area (Å²) in [4.78, 5) is 24.2. The van der Waals surface area contributed by atoms with Gasteiger partial charge in [0.1, 0.15) is 0 Å². The lowest BCUT2D eigenvalue weighted by molar-refractivity contribution is -0.140. The summed E-state index contributed by atoms with van der Waals surface area (Å²) in [5, 5.41) is 18.7. The van der Waals surface area contributed by atoms with E-state index in [1.165, 1.54) is 0 Å². The number of hydrogen-bond acceptors (Lipinski definition) is 3. The summed E-state index contributed by atoms with van der Waals surface area (Å²) in [6.45, 7) is 0. The first kappa shape index (κ1) is 15.5. The van der Waals surface area contributed by atoms with Gasteiger partial charge in [0.25, 0.3) is 5.91 Å². The Bertz CT molecular complexity index is 553. The lowest BCUT2D eigenvalue weighted by atomic mass is 9.79. The highest BCUT2D eigenvalue weighted by Gasteiger charge is 2.27. The number of carboxylic acids is 1. The molecule has 5 nitrogen and oxygen atoms in total. The SMILES string of the molecule is CN(C)C(=O)c1ccc2c(c1)CCC(C(O)CC(=O)O)C2. The maximum Gasteiger partial charge on any atom is 0.305 e. The van der Waals surface area contributed by atoms with Gasteiger partial charge >= 0.3 is 5.97 Å². The number of carboxylic acid groups (broad SMARTS) is 1. The van der Waals surface area contributed by atoms with Crippen molar-refractivity contribution in [3.05, 3.63) is 34.9 Å². The summed E-state index contributed by atoms with van der Waals surface area (Å²) in [5.41, 5.74) is 2.90. The number of aliphatic carboxylic acids is 1. The normalized spacial score (nSPS) is 18.7. The van der Waals surface area contributed by atoms with Gasteiger partial charge in [-0.3, -0.25) is 9.59 Å². The lowest BCUT2D eigenvalue weighted by Gasteiger charge is -2.28. The molecular formula is C16H21NO4. The Kier molecular flexibility index (Phi) is 4.63. The van der Waals surface area contributed by atoms with Crippen LogP contribution in [0.4, 0.5) is 0 Å². The number of fused-ring (bicyclic) bond motifs is 1. The summed E-state index contributed by atoms with van der Waals surface area (Å²) in [6, 6.07) is 5.64. The van der Waals surface area contributed by atoms with Crippen LogP contribution in [0.25, 0.3) is 0 Å². The van der Waals surface area contributed by atoms with E-state index in [4.69, 9.17) is 5.11 Å². The summed E-state index contributed by atoms with van der Waals surface area (Å²) >= 11 is 0. The molecule has 0 spiro atoms. The van der Waals surface area contributed by atoms with E-state index >= 15 is 0 Å². The molecule has 0 aliphatic heterocycles. The molecule has 0 fully saturated rings. The third-order valence-corrected chi connectivity index (χ3v) is 4.05. The number of hydrogen-bond donors (Lipinski definition) is 2. The number of aliphatic hydroxyl groups is 1. The van der Waals surface area contributed by atoms with Gasteiger partial charge in [0.15, 0.2) is 0 Å². The van der Waals surface area contributed by atoms with E-state index in [-0.39, 0.29) is 18.2 Å². The topological polar surface area (TPSA) is 77.8 Å². The summed E-state index contributed by atoms with van der Waals surface area (Å²) < 4.78 is 0. The number of carbonyl (C=O) groups is 2. The summed E-state index contributed by atoms with van der Waals surface area (Å²) in [7, 11) is 3.44. The molecule has 2 N–H and O–H groups in total. The predicted molar refractivity (Wildman–Crippen MR) is 78.2 cm³/mol. The van der Waals surface area contributed by atoms with Crippen molar-refractivity contribution >= 4 is 11.9 Å². The molecule has 0 heterocycles. The van der Waals surface area contributed by atoms with E-state index in [2.05, 4.69) is 0 Å². The first-order chi connectivity index (χ1) is 9.88. The number of rotatable bonds is 4. The average Bonchev–Trinajstić information content (AvgIpc) is 2.44. The molecule has 1 aromatic carbocycles. The Balaban J connectivity index is 2.12. The van der Waals surface area contributed by atoms with Crippen LogP contribution in [0.1, 0.15) is 34.3 Å². The van der Waals surface area contributed by atoms with Crippen molar-refractivity contribution in [2.24, 2.45) is 5.92 Å². The number of benzene rings is 1. The van der Waals surface area contributed by atoms with E-state index < -0.39 is 12.1 Å². The van der Waals surface area contributed by atoms with Crippen molar-refractivity contribution < 1.29 is 19.8 Å². The van der Waals surface area contributed by atoms with Gasteiger partial charge in [-0.1, -0.05) is 6.07 Å². The third kappa shape index (κ3) is 3.61. The van der Waals surface area contributed by atoms with Gasteiger partial charge in [0.2, 0.25) is 0 Å². The molecule has 2 unspecified atom stereocenters. The van der Waals surface area contributed by atoms with Crippen LogP contribution in [-0.4, -0.2) is 47.2 Å². The van der Waals surface area contributed by atoms with Crippen molar-refractivity contribution in [3.8, 4) is 0 Å². The molecule has 0 aromatic heterocycles. The molecule has 2 atom stereocenters. The Morgan fingerprint density at radius 1 is 1.33 bits per heavy atom. The molecule has 21 heavy (non-hydrogen) atoms. The van der Waals surface area contributed by atoms with E-state index in [0.29, 0.717) is 12.0 Å². The van der Waals surface area contributed by atoms with Gasteiger partial charge in [-0.15, -0.1) is 0 Å². The van der Waals surface area contributed by atoms with Crippen molar-refractivity contribution in [2.45, 2.75) is 31.8 Å². The van der Waals surface area contributed by atoms with Gasteiger partial charge in [-0.25, -0.2) is 0 Å². The minimum absolute atomic E-state index is 0.0224.